The lowest BCUT2D eigenvalue weighted by Crippen LogP contribution is -2.52. The van der Waals surface area contributed by atoms with Crippen molar-refractivity contribution >= 4 is 5.91 Å². The van der Waals surface area contributed by atoms with E-state index in [-0.39, 0.29) is 5.91 Å². The molecule has 1 N–H and O–H groups in total. The van der Waals surface area contributed by atoms with Gasteiger partial charge in [-0.15, -0.1) is 0 Å². The molecule has 1 amide bonds. The normalized spacial score (nSPS) is 32.1. The van der Waals surface area contributed by atoms with Crippen molar-refractivity contribution in [2.75, 3.05) is 6.54 Å². The molecule has 3 rings (SSSR count). The van der Waals surface area contributed by atoms with Crippen LogP contribution in [0.5, 0.6) is 0 Å². The van der Waals surface area contributed by atoms with Crippen LogP contribution in [-0.2, 0) is 0 Å². The van der Waals surface area contributed by atoms with Crippen LogP contribution in [0.15, 0.2) is 12.4 Å². The third kappa shape index (κ3) is 1.93. The summed E-state index contributed by atoms with van der Waals surface area (Å²) in [6.45, 7) is 3.26. The van der Waals surface area contributed by atoms with E-state index in [4.69, 9.17) is 0 Å². The minimum atomic E-state index is 0.160. The zero-order valence-electron chi connectivity index (χ0n) is 10.9. The van der Waals surface area contributed by atoms with Crippen molar-refractivity contribution in [2.24, 2.45) is 11.8 Å². The Kier molecular flexibility index (Phi) is 3.10. The lowest BCUT2D eigenvalue weighted by molar-refractivity contribution is 0.0218. The molecule has 0 spiro atoms. The zero-order chi connectivity index (χ0) is 12.5. The van der Waals surface area contributed by atoms with Gasteiger partial charge < -0.3 is 4.90 Å². The van der Waals surface area contributed by atoms with E-state index < -0.39 is 0 Å². The van der Waals surface area contributed by atoms with E-state index in [1.54, 1.807) is 12.4 Å². The third-order valence-electron chi connectivity index (χ3n) is 4.74. The molecular formula is C14H21N3O. The van der Waals surface area contributed by atoms with Gasteiger partial charge in [-0.3, -0.25) is 9.89 Å². The number of aromatic nitrogens is 2. The minimum Gasteiger partial charge on any atom is -0.335 e. The smallest absolute Gasteiger partial charge is 0.257 e. The van der Waals surface area contributed by atoms with E-state index in [9.17, 15) is 4.79 Å². The summed E-state index contributed by atoms with van der Waals surface area (Å²) in [6, 6.07) is 0.463. The fraction of sp³-hybridized carbons (Fsp3) is 0.714. The Morgan fingerprint density at radius 1 is 1.39 bits per heavy atom. The Labute approximate surface area is 108 Å². The SMILES string of the molecule is CC1CCN(C(=O)c2cn[nH]c2)C2CCCCC12. The number of nitrogens with zero attached hydrogens (tertiary/aromatic N) is 2. The number of rotatable bonds is 1. The molecule has 2 aliphatic rings. The summed E-state index contributed by atoms with van der Waals surface area (Å²) >= 11 is 0. The van der Waals surface area contributed by atoms with Crippen molar-refractivity contribution in [1.82, 2.24) is 15.1 Å². The summed E-state index contributed by atoms with van der Waals surface area (Å²) < 4.78 is 0. The van der Waals surface area contributed by atoms with Gasteiger partial charge in [0, 0.05) is 18.8 Å². The highest BCUT2D eigenvalue weighted by molar-refractivity contribution is 5.94. The standard InChI is InChI=1S/C14H21N3O/c1-10-6-7-17(13-5-3-2-4-12(10)13)14(18)11-8-15-16-9-11/h8-10,12-13H,2-7H2,1H3,(H,15,16). The van der Waals surface area contributed by atoms with Gasteiger partial charge in [-0.25, -0.2) is 0 Å². The molecule has 18 heavy (non-hydrogen) atoms. The number of H-pyrrole nitrogens is 1. The molecule has 3 atom stereocenters. The number of likely N-dealkylation sites (tertiary alicyclic amines) is 1. The van der Waals surface area contributed by atoms with E-state index in [1.807, 2.05) is 0 Å². The molecule has 4 heteroatoms. The first-order valence-corrected chi connectivity index (χ1v) is 7.07. The highest BCUT2D eigenvalue weighted by Crippen LogP contribution is 2.39. The van der Waals surface area contributed by atoms with Gasteiger partial charge in [0.05, 0.1) is 11.8 Å². The molecule has 0 aromatic carbocycles. The van der Waals surface area contributed by atoms with E-state index in [0.29, 0.717) is 17.5 Å². The van der Waals surface area contributed by atoms with Crippen molar-refractivity contribution < 1.29 is 4.79 Å². The molecule has 3 unspecified atom stereocenters. The van der Waals surface area contributed by atoms with Crippen molar-refractivity contribution in [3.8, 4) is 0 Å². The van der Waals surface area contributed by atoms with Gasteiger partial charge in [-0.2, -0.15) is 5.10 Å². The second kappa shape index (κ2) is 4.75. The maximum Gasteiger partial charge on any atom is 0.257 e. The van der Waals surface area contributed by atoms with Crippen molar-refractivity contribution in [2.45, 2.75) is 45.1 Å². The molecule has 2 heterocycles. The lowest BCUT2D eigenvalue weighted by atomic mass is 9.72. The van der Waals surface area contributed by atoms with Gasteiger partial charge >= 0.3 is 0 Å². The zero-order valence-corrected chi connectivity index (χ0v) is 10.9. The fourth-order valence-corrected chi connectivity index (χ4v) is 3.70. The van der Waals surface area contributed by atoms with Crippen LogP contribution in [0.2, 0.25) is 0 Å². The predicted octanol–water partition coefficient (Wildman–Crippen LogP) is 2.45. The second-order valence-corrected chi connectivity index (χ2v) is 5.77. The van der Waals surface area contributed by atoms with Crippen LogP contribution in [0, 0.1) is 11.8 Å². The summed E-state index contributed by atoms with van der Waals surface area (Å²) in [7, 11) is 0. The van der Waals surface area contributed by atoms with Crippen LogP contribution in [0.3, 0.4) is 0 Å². The number of hydrogen-bond acceptors (Lipinski definition) is 2. The molecule has 98 valence electrons. The number of fused-ring (bicyclic) bond motifs is 1. The quantitative estimate of drug-likeness (QED) is 0.828. The fourth-order valence-electron chi connectivity index (χ4n) is 3.70. The topological polar surface area (TPSA) is 49.0 Å². The molecule has 1 aromatic rings. The molecule has 2 fully saturated rings. The number of hydrogen-bond donors (Lipinski definition) is 1. The van der Waals surface area contributed by atoms with E-state index >= 15 is 0 Å². The monoisotopic (exact) mass is 247 g/mol. The van der Waals surface area contributed by atoms with Crippen LogP contribution in [0.4, 0.5) is 0 Å². The third-order valence-corrected chi connectivity index (χ3v) is 4.74. The number of aromatic amines is 1. The Hall–Kier alpha value is -1.32. The second-order valence-electron chi connectivity index (χ2n) is 5.77. The van der Waals surface area contributed by atoms with Crippen molar-refractivity contribution in [3.63, 3.8) is 0 Å². The number of carbonyl (C=O) groups is 1. The highest BCUT2D eigenvalue weighted by atomic mass is 16.2. The van der Waals surface area contributed by atoms with Gasteiger partial charge in [-0.05, 0) is 31.1 Å². The first-order valence-electron chi connectivity index (χ1n) is 7.07. The molecule has 1 saturated heterocycles. The molecule has 1 aromatic heterocycles. The van der Waals surface area contributed by atoms with Gasteiger partial charge in [-0.1, -0.05) is 19.8 Å². The summed E-state index contributed by atoms with van der Waals surface area (Å²) in [6.07, 6.45) is 9.56. The molecule has 4 nitrogen and oxygen atoms in total. The van der Waals surface area contributed by atoms with Crippen LogP contribution in [0.25, 0.3) is 0 Å². The number of carbonyl (C=O) groups excluding carboxylic acids is 1. The maximum atomic E-state index is 12.5. The molecule has 1 aliphatic carbocycles. The van der Waals surface area contributed by atoms with Crippen molar-refractivity contribution in [1.29, 1.82) is 0 Å². The average molecular weight is 247 g/mol. The molecule has 0 bridgehead atoms. The Bertz CT molecular complexity index is 415. The van der Waals surface area contributed by atoms with Crippen LogP contribution >= 0.6 is 0 Å². The van der Waals surface area contributed by atoms with Gasteiger partial charge in [0.2, 0.25) is 0 Å². The first-order chi connectivity index (χ1) is 8.77. The summed E-state index contributed by atoms with van der Waals surface area (Å²) in [5.41, 5.74) is 0.703. The van der Waals surface area contributed by atoms with E-state index in [0.717, 1.165) is 18.9 Å². The first kappa shape index (κ1) is 11.8. The largest absolute Gasteiger partial charge is 0.335 e. The van der Waals surface area contributed by atoms with Crippen LogP contribution < -0.4 is 0 Å². The summed E-state index contributed by atoms with van der Waals surface area (Å²) in [5, 5.41) is 6.62. The number of nitrogens with one attached hydrogen (secondary N) is 1. The lowest BCUT2D eigenvalue weighted by Gasteiger charge is -2.47. The van der Waals surface area contributed by atoms with Gasteiger partial charge in [0.1, 0.15) is 0 Å². The molecule has 0 radical (unpaired) electrons. The number of piperidine rings is 1. The van der Waals surface area contributed by atoms with Crippen LogP contribution in [-0.4, -0.2) is 33.6 Å². The van der Waals surface area contributed by atoms with Crippen molar-refractivity contribution in [3.05, 3.63) is 18.0 Å². The average Bonchev–Trinajstić information content (AvgIpc) is 2.93. The Morgan fingerprint density at radius 2 is 2.22 bits per heavy atom. The summed E-state index contributed by atoms with van der Waals surface area (Å²) in [5.74, 6) is 1.64. The molecule has 1 saturated carbocycles. The van der Waals surface area contributed by atoms with Gasteiger partial charge in [0.25, 0.3) is 5.91 Å². The Morgan fingerprint density at radius 3 is 3.00 bits per heavy atom. The predicted molar refractivity (Wildman–Crippen MR) is 69.2 cm³/mol. The van der Waals surface area contributed by atoms with E-state index in [2.05, 4.69) is 22.0 Å². The molecular weight excluding hydrogens is 226 g/mol. The minimum absolute atomic E-state index is 0.160. The molecule has 1 aliphatic heterocycles. The van der Waals surface area contributed by atoms with E-state index in [1.165, 1.54) is 25.7 Å². The maximum absolute atomic E-state index is 12.5. The summed E-state index contributed by atoms with van der Waals surface area (Å²) in [4.78, 5) is 14.6. The van der Waals surface area contributed by atoms with Crippen LogP contribution in [0.1, 0.15) is 49.4 Å². The highest BCUT2D eigenvalue weighted by Gasteiger charge is 2.39. The number of amides is 1. The van der Waals surface area contributed by atoms with Gasteiger partial charge in [0.15, 0.2) is 0 Å². The Balaban J connectivity index is 1.81.